The molecule has 5 heteroatoms. The van der Waals surface area contributed by atoms with Gasteiger partial charge in [0.2, 0.25) is 0 Å². The number of hydrogen-bond donors (Lipinski definition) is 1. The molecule has 0 bridgehead atoms. The van der Waals surface area contributed by atoms with Crippen LogP contribution in [0.15, 0.2) is 36.5 Å². The summed E-state index contributed by atoms with van der Waals surface area (Å²) in [6, 6.07) is 10.6. The van der Waals surface area contributed by atoms with Crippen LogP contribution in [-0.2, 0) is 0 Å². The van der Waals surface area contributed by atoms with E-state index in [0.29, 0.717) is 22.6 Å². The van der Waals surface area contributed by atoms with Gasteiger partial charge in [-0.05, 0) is 30.3 Å². The summed E-state index contributed by atoms with van der Waals surface area (Å²) in [4.78, 5) is 13.3. The van der Waals surface area contributed by atoms with Crippen molar-refractivity contribution in [1.29, 1.82) is 5.26 Å². The third-order valence-corrected chi connectivity index (χ3v) is 2.80. The van der Waals surface area contributed by atoms with Gasteiger partial charge in [0.25, 0.3) is 5.91 Å². The second-order valence-electron chi connectivity index (χ2n) is 4.35. The molecular formula is C14H14N4O. The van der Waals surface area contributed by atoms with Crippen LogP contribution in [0.4, 0.5) is 5.69 Å². The molecule has 2 aromatic rings. The minimum absolute atomic E-state index is 0.105. The van der Waals surface area contributed by atoms with E-state index in [1.165, 1.54) is 4.90 Å². The first-order chi connectivity index (χ1) is 9.04. The number of amides is 1. The summed E-state index contributed by atoms with van der Waals surface area (Å²) in [6.45, 7) is 0. The van der Waals surface area contributed by atoms with Crippen molar-refractivity contribution in [2.45, 2.75) is 0 Å². The molecule has 1 aromatic carbocycles. The topological polar surface area (TPSA) is 75.0 Å². The summed E-state index contributed by atoms with van der Waals surface area (Å²) >= 11 is 0. The largest absolute Gasteiger partial charge is 0.397 e. The number of nitrogen functional groups attached to an aromatic ring is 1. The van der Waals surface area contributed by atoms with E-state index in [4.69, 9.17) is 11.0 Å². The standard InChI is InChI=1S/C14H14N4O/c1-17(2)14(19)10-5-6-13(12(16)8-10)18-7-3-4-11(18)9-15/h3-8H,16H2,1-2H3. The number of carbonyl (C=O) groups excluding carboxylic acids is 1. The molecule has 1 amide bonds. The van der Waals surface area contributed by atoms with Crippen molar-refractivity contribution in [3.8, 4) is 11.8 Å². The number of carbonyl (C=O) groups is 1. The highest BCUT2D eigenvalue weighted by Crippen LogP contribution is 2.21. The Labute approximate surface area is 111 Å². The lowest BCUT2D eigenvalue weighted by atomic mass is 10.1. The Balaban J connectivity index is 2.47. The number of hydrogen-bond acceptors (Lipinski definition) is 3. The second-order valence-corrected chi connectivity index (χ2v) is 4.35. The molecule has 0 unspecified atom stereocenters. The fraction of sp³-hybridized carbons (Fsp3) is 0.143. The van der Waals surface area contributed by atoms with Crippen LogP contribution in [0, 0.1) is 11.3 Å². The molecule has 0 fully saturated rings. The fourth-order valence-corrected chi connectivity index (χ4v) is 1.85. The first-order valence-corrected chi connectivity index (χ1v) is 5.73. The van der Waals surface area contributed by atoms with Gasteiger partial charge in [0.15, 0.2) is 0 Å². The van der Waals surface area contributed by atoms with Gasteiger partial charge in [-0.2, -0.15) is 5.26 Å². The average Bonchev–Trinajstić information content (AvgIpc) is 2.85. The first kappa shape index (κ1) is 12.7. The molecule has 0 saturated heterocycles. The number of aromatic nitrogens is 1. The molecule has 0 saturated carbocycles. The van der Waals surface area contributed by atoms with Crippen LogP contribution in [0.1, 0.15) is 16.1 Å². The molecule has 2 rings (SSSR count). The van der Waals surface area contributed by atoms with Crippen LogP contribution in [-0.4, -0.2) is 29.5 Å². The van der Waals surface area contributed by atoms with Gasteiger partial charge in [0, 0.05) is 25.9 Å². The minimum atomic E-state index is -0.105. The molecule has 1 heterocycles. The number of nitrogens with zero attached hydrogens (tertiary/aromatic N) is 3. The zero-order valence-electron chi connectivity index (χ0n) is 10.8. The molecule has 5 nitrogen and oxygen atoms in total. The van der Waals surface area contributed by atoms with E-state index in [1.54, 1.807) is 55.2 Å². The zero-order valence-corrected chi connectivity index (χ0v) is 10.8. The molecular weight excluding hydrogens is 240 g/mol. The van der Waals surface area contributed by atoms with Gasteiger partial charge in [-0.15, -0.1) is 0 Å². The maximum atomic E-state index is 11.8. The van der Waals surface area contributed by atoms with Gasteiger partial charge in [0.05, 0.1) is 11.4 Å². The maximum Gasteiger partial charge on any atom is 0.253 e. The van der Waals surface area contributed by atoms with E-state index in [2.05, 4.69) is 6.07 Å². The van der Waals surface area contributed by atoms with E-state index in [0.717, 1.165) is 0 Å². The lowest BCUT2D eigenvalue weighted by molar-refractivity contribution is 0.0827. The number of nitrogens with two attached hydrogens (primary N) is 1. The SMILES string of the molecule is CN(C)C(=O)c1ccc(-n2cccc2C#N)c(N)c1. The molecule has 0 atom stereocenters. The highest BCUT2D eigenvalue weighted by atomic mass is 16.2. The van der Waals surface area contributed by atoms with Crippen molar-refractivity contribution < 1.29 is 4.79 Å². The second kappa shape index (κ2) is 4.86. The molecule has 0 aliphatic heterocycles. The Morgan fingerprint density at radius 2 is 2.11 bits per heavy atom. The Morgan fingerprint density at radius 1 is 1.37 bits per heavy atom. The number of nitriles is 1. The van der Waals surface area contributed by atoms with Gasteiger partial charge < -0.3 is 15.2 Å². The van der Waals surface area contributed by atoms with E-state index < -0.39 is 0 Å². The predicted octanol–water partition coefficient (Wildman–Crippen LogP) is 1.63. The first-order valence-electron chi connectivity index (χ1n) is 5.73. The summed E-state index contributed by atoms with van der Waals surface area (Å²) < 4.78 is 1.69. The van der Waals surface area contributed by atoms with Gasteiger partial charge >= 0.3 is 0 Å². The molecule has 2 N–H and O–H groups in total. The Hall–Kier alpha value is -2.74. The van der Waals surface area contributed by atoms with Crippen molar-refractivity contribution in [3.63, 3.8) is 0 Å². The quantitative estimate of drug-likeness (QED) is 0.828. The van der Waals surface area contributed by atoms with Crippen molar-refractivity contribution in [3.05, 3.63) is 47.8 Å². The zero-order chi connectivity index (χ0) is 14.0. The minimum Gasteiger partial charge on any atom is -0.397 e. The van der Waals surface area contributed by atoms with Crippen LogP contribution in [0.25, 0.3) is 5.69 Å². The third kappa shape index (κ3) is 2.29. The molecule has 0 spiro atoms. The smallest absolute Gasteiger partial charge is 0.253 e. The Morgan fingerprint density at radius 3 is 2.68 bits per heavy atom. The fourth-order valence-electron chi connectivity index (χ4n) is 1.85. The molecule has 19 heavy (non-hydrogen) atoms. The Kier molecular flexibility index (Phi) is 3.25. The lowest BCUT2D eigenvalue weighted by Gasteiger charge is -2.13. The lowest BCUT2D eigenvalue weighted by Crippen LogP contribution is -2.21. The van der Waals surface area contributed by atoms with E-state index >= 15 is 0 Å². The normalized spacial score (nSPS) is 9.95. The van der Waals surface area contributed by atoms with Crippen LogP contribution < -0.4 is 5.73 Å². The molecule has 0 aliphatic rings. The van der Waals surface area contributed by atoms with Gasteiger partial charge in [0.1, 0.15) is 11.8 Å². The summed E-state index contributed by atoms with van der Waals surface area (Å²) in [5, 5.41) is 9.00. The van der Waals surface area contributed by atoms with Crippen molar-refractivity contribution >= 4 is 11.6 Å². The highest BCUT2D eigenvalue weighted by molar-refractivity contribution is 5.95. The van der Waals surface area contributed by atoms with Gasteiger partial charge in [-0.25, -0.2) is 0 Å². The van der Waals surface area contributed by atoms with Crippen LogP contribution >= 0.6 is 0 Å². The van der Waals surface area contributed by atoms with Crippen molar-refractivity contribution in [2.75, 3.05) is 19.8 Å². The number of benzene rings is 1. The summed E-state index contributed by atoms with van der Waals surface area (Å²) in [5.74, 6) is -0.105. The van der Waals surface area contributed by atoms with Crippen LogP contribution in [0.5, 0.6) is 0 Å². The number of anilines is 1. The summed E-state index contributed by atoms with van der Waals surface area (Å²) in [6.07, 6.45) is 1.76. The van der Waals surface area contributed by atoms with E-state index in [9.17, 15) is 4.79 Å². The maximum absolute atomic E-state index is 11.8. The van der Waals surface area contributed by atoms with E-state index in [1.807, 2.05) is 0 Å². The predicted molar refractivity (Wildman–Crippen MR) is 72.9 cm³/mol. The average molecular weight is 254 g/mol. The highest BCUT2D eigenvalue weighted by Gasteiger charge is 2.11. The van der Waals surface area contributed by atoms with Crippen molar-refractivity contribution in [1.82, 2.24) is 9.47 Å². The monoisotopic (exact) mass is 254 g/mol. The summed E-state index contributed by atoms with van der Waals surface area (Å²) in [5.41, 5.74) is 8.15. The molecule has 1 aromatic heterocycles. The van der Waals surface area contributed by atoms with Gasteiger partial charge in [-0.3, -0.25) is 4.79 Å². The molecule has 0 aliphatic carbocycles. The van der Waals surface area contributed by atoms with Crippen LogP contribution in [0.2, 0.25) is 0 Å². The third-order valence-electron chi connectivity index (χ3n) is 2.80. The van der Waals surface area contributed by atoms with Gasteiger partial charge in [-0.1, -0.05) is 0 Å². The molecule has 96 valence electrons. The van der Waals surface area contributed by atoms with Crippen LogP contribution in [0.3, 0.4) is 0 Å². The molecule has 0 radical (unpaired) electrons. The van der Waals surface area contributed by atoms with Crippen molar-refractivity contribution in [2.24, 2.45) is 0 Å². The Bertz CT molecular complexity index is 664. The van der Waals surface area contributed by atoms with E-state index in [-0.39, 0.29) is 5.91 Å². The summed E-state index contributed by atoms with van der Waals surface area (Å²) in [7, 11) is 3.37. The number of rotatable bonds is 2.